The van der Waals surface area contributed by atoms with E-state index in [1.54, 1.807) is 6.92 Å². The van der Waals surface area contributed by atoms with E-state index in [1.807, 2.05) is 78.9 Å². The van der Waals surface area contributed by atoms with Gasteiger partial charge in [0.1, 0.15) is 6.17 Å². The van der Waals surface area contributed by atoms with Gasteiger partial charge in [-0.05, 0) is 67.6 Å². The Morgan fingerprint density at radius 2 is 1.23 bits per heavy atom. The zero-order valence-corrected chi connectivity index (χ0v) is 17.5. The van der Waals surface area contributed by atoms with Crippen molar-refractivity contribution < 1.29 is 5.11 Å². The van der Waals surface area contributed by atoms with Crippen LogP contribution in [0, 0.1) is 0 Å². The van der Waals surface area contributed by atoms with E-state index in [-0.39, 0.29) is 6.17 Å². The molecule has 3 rings (SSSR count). The van der Waals surface area contributed by atoms with Gasteiger partial charge in [-0.25, -0.2) is 0 Å². The number of aliphatic hydroxyl groups is 1. The van der Waals surface area contributed by atoms with Crippen molar-refractivity contribution in [2.45, 2.75) is 19.2 Å². The molecule has 2 N–H and O–H groups in total. The molecule has 2 atom stereocenters. The van der Waals surface area contributed by atoms with E-state index in [0.29, 0.717) is 0 Å². The highest BCUT2D eigenvalue weighted by atomic mass is 79.9. The molecule has 0 aliphatic heterocycles. The molecule has 0 aliphatic rings. The van der Waals surface area contributed by atoms with Crippen LogP contribution < -0.4 is 10.2 Å². The van der Waals surface area contributed by atoms with Gasteiger partial charge in [-0.2, -0.15) is 0 Å². The number of para-hydroxylation sites is 1. The maximum atomic E-state index is 10.6. The normalized spacial score (nSPS) is 13.1. The molecule has 5 heteroatoms. The summed E-state index contributed by atoms with van der Waals surface area (Å²) in [7, 11) is 0. The second-order valence-corrected chi connectivity index (χ2v) is 7.85. The van der Waals surface area contributed by atoms with Gasteiger partial charge in [0.2, 0.25) is 0 Å². The second kappa shape index (κ2) is 8.71. The zero-order valence-electron chi connectivity index (χ0n) is 14.3. The molecule has 0 saturated heterocycles. The van der Waals surface area contributed by atoms with Crippen LogP contribution in [0.1, 0.15) is 6.92 Å². The summed E-state index contributed by atoms with van der Waals surface area (Å²) >= 11 is 6.98. The van der Waals surface area contributed by atoms with Crippen molar-refractivity contribution in [2.24, 2.45) is 0 Å². The van der Waals surface area contributed by atoms with Crippen LogP contribution in [0.3, 0.4) is 0 Å². The molecule has 0 heterocycles. The molecular formula is C21H20Br2N2O. The average Bonchev–Trinajstić information content (AvgIpc) is 2.65. The molecular weight excluding hydrogens is 456 g/mol. The fourth-order valence-corrected chi connectivity index (χ4v) is 3.31. The number of benzene rings is 3. The van der Waals surface area contributed by atoms with Crippen molar-refractivity contribution in [2.75, 3.05) is 10.2 Å². The number of anilines is 3. The Labute approximate surface area is 170 Å². The molecule has 26 heavy (non-hydrogen) atoms. The van der Waals surface area contributed by atoms with Gasteiger partial charge >= 0.3 is 0 Å². The summed E-state index contributed by atoms with van der Waals surface area (Å²) < 4.78 is 2.03. The summed E-state index contributed by atoms with van der Waals surface area (Å²) in [6.45, 7) is 1.80. The third-order valence-electron chi connectivity index (χ3n) is 4.03. The number of nitrogens with zero attached hydrogens (tertiary/aromatic N) is 1. The quantitative estimate of drug-likeness (QED) is 0.418. The SMILES string of the molecule is CC(O)C(Nc1ccccc1)N(c1ccc(Br)cc1)c1ccc(Br)cc1. The smallest absolute Gasteiger partial charge is 0.130 e. The molecule has 3 aromatic rings. The minimum Gasteiger partial charge on any atom is -0.389 e. The van der Waals surface area contributed by atoms with Crippen molar-refractivity contribution in [1.82, 2.24) is 0 Å². The van der Waals surface area contributed by atoms with E-state index >= 15 is 0 Å². The first kappa shape index (κ1) is 19.0. The highest BCUT2D eigenvalue weighted by molar-refractivity contribution is 9.10. The first-order chi connectivity index (χ1) is 12.5. The Bertz CT molecular complexity index is 775. The molecule has 0 amide bonds. The number of nitrogens with one attached hydrogen (secondary N) is 1. The van der Waals surface area contributed by atoms with Crippen molar-refractivity contribution in [1.29, 1.82) is 0 Å². The lowest BCUT2D eigenvalue weighted by atomic mass is 10.1. The zero-order chi connectivity index (χ0) is 18.5. The standard InChI is InChI=1S/C21H20Br2N2O/c1-15(26)21(24-18-5-3-2-4-6-18)25(19-11-7-16(22)8-12-19)20-13-9-17(23)10-14-20/h2-15,21,24,26H,1H3. The van der Waals surface area contributed by atoms with Gasteiger partial charge < -0.3 is 15.3 Å². The largest absolute Gasteiger partial charge is 0.389 e. The van der Waals surface area contributed by atoms with Gasteiger partial charge in [-0.15, -0.1) is 0 Å². The van der Waals surface area contributed by atoms with Gasteiger partial charge in [0, 0.05) is 26.0 Å². The average molecular weight is 476 g/mol. The van der Waals surface area contributed by atoms with E-state index in [9.17, 15) is 5.11 Å². The Kier molecular flexibility index (Phi) is 6.35. The monoisotopic (exact) mass is 474 g/mol. The van der Waals surface area contributed by atoms with E-state index in [2.05, 4.69) is 42.1 Å². The van der Waals surface area contributed by atoms with Crippen molar-refractivity contribution >= 4 is 48.9 Å². The van der Waals surface area contributed by atoms with E-state index < -0.39 is 6.10 Å². The van der Waals surface area contributed by atoms with Crippen LogP contribution in [-0.4, -0.2) is 17.4 Å². The van der Waals surface area contributed by atoms with Crippen molar-refractivity contribution in [3.8, 4) is 0 Å². The molecule has 3 nitrogen and oxygen atoms in total. The molecule has 0 fully saturated rings. The van der Waals surface area contributed by atoms with Crippen LogP contribution >= 0.6 is 31.9 Å². The van der Waals surface area contributed by atoms with Gasteiger partial charge in [0.05, 0.1) is 6.10 Å². The number of halogens is 2. The Morgan fingerprint density at radius 1 is 0.769 bits per heavy atom. The Balaban J connectivity index is 2.04. The summed E-state index contributed by atoms with van der Waals surface area (Å²) in [5.41, 5.74) is 2.94. The molecule has 0 aromatic heterocycles. The minimum atomic E-state index is -0.609. The fraction of sp³-hybridized carbons (Fsp3) is 0.143. The number of aliphatic hydroxyl groups excluding tert-OH is 1. The minimum absolute atomic E-state index is 0.334. The summed E-state index contributed by atoms with van der Waals surface area (Å²) in [4.78, 5) is 2.11. The molecule has 0 spiro atoms. The van der Waals surface area contributed by atoms with E-state index in [0.717, 1.165) is 26.0 Å². The van der Waals surface area contributed by atoms with Gasteiger partial charge in [-0.1, -0.05) is 50.1 Å². The topological polar surface area (TPSA) is 35.5 Å². The first-order valence-corrected chi connectivity index (χ1v) is 9.93. The van der Waals surface area contributed by atoms with Gasteiger partial charge in [-0.3, -0.25) is 0 Å². The highest BCUT2D eigenvalue weighted by Gasteiger charge is 2.25. The number of hydrogen-bond acceptors (Lipinski definition) is 3. The number of rotatable bonds is 6. The third kappa shape index (κ3) is 4.67. The fourth-order valence-electron chi connectivity index (χ4n) is 2.78. The Morgan fingerprint density at radius 3 is 1.65 bits per heavy atom. The lowest BCUT2D eigenvalue weighted by Crippen LogP contribution is -2.45. The van der Waals surface area contributed by atoms with Crippen LogP contribution in [0.2, 0.25) is 0 Å². The Hall–Kier alpha value is -1.82. The number of hydrogen-bond donors (Lipinski definition) is 2. The van der Waals surface area contributed by atoms with Gasteiger partial charge in [0.15, 0.2) is 0 Å². The molecule has 134 valence electrons. The predicted octanol–water partition coefficient (Wildman–Crippen LogP) is 6.17. The lowest BCUT2D eigenvalue weighted by Gasteiger charge is -2.36. The summed E-state index contributed by atoms with van der Waals surface area (Å²) in [5.74, 6) is 0. The van der Waals surface area contributed by atoms with Crippen LogP contribution in [0.5, 0.6) is 0 Å². The van der Waals surface area contributed by atoms with Crippen LogP contribution in [0.25, 0.3) is 0 Å². The summed E-state index contributed by atoms with van der Waals surface area (Å²) in [5, 5.41) is 14.0. The molecule has 0 aliphatic carbocycles. The first-order valence-electron chi connectivity index (χ1n) is 8.34. The van der Waals surface area contributed by atoms with Crippen molar-refractivity contribution in [3.05, 3.63) is 87.8 Å². The second-order valence-electron chi connectivity index (χ2n) is 6.02. The lowest BCUT2D eigenvalue weighted by molar-refractivity contribution is 0.173. The molecule has 0 bridgehead atoms. The molecule has 2 unspecified atom stereocenters. The third-order valence-corrected chi connectivity index (χ3v) is 5.09. The van der Waals surface area contributed by atoms with Gasteiger partial charge in [0.25, 0.3) is 0 Å². The molecule has 3 aromatic carbocycles. The maximum absolute atomic E-state index is 10.6. The molecule has 0 saturated carbocycles. The van der Waals surface area contributed by atoms with Crippen LogP contribution in [-0.2, 0) is 0 Å². The van der Waals surface area contributed by atoms with Crippen LogP contribution in [0.4, 0.5) is 17.1 Å². The van der Waals surface area contributed by atoms with E-state index in [4.69, 9.17) is 0 Å². The summed E-state index contributed by atoms with van der Waals surface area (Å²) in [6, 6.07) is 26.1. The molecule has 0 radical (unpaired) electrons. The van der Waals surface area contributed by atoms with Crippen LogP contribution in [0.15, 0.2) is 87.8 Å². The predicted molar refractivity (Wildman–Crippen MR) is 116 cm³/mol. The summed E-state index contributed by atoms with van der Waals surface area (Å²) in [6.07, 6.45) is -0.942. The highest BCUT2D eigenvalue weighted by Crippen LogP contribution is 2.31. The van der Waals surface area contributed by atoms with Crippen molar-refractivity contribution in [3.63, 3.8) is 0 Å². The van der Waals surface area contributed by atoms with E-state index in [1.165, 1.54) is 0 Å². The maximum Gasteiger partial charge on any atom is 0.130 e.